The number of nitrogens with zero attached hydrogens (tertiary/aromatic N) is 6. The van der Waals surface area contributed by atoms with Crippen molar-refractivity contribution in [1.29, 1.82) is 5.26 Å². The van der Waals surface area contributed by atoms with Crippen LogP contribution in [0.3, 0.4) is 0 Å². The average Bonchev–Trinajstić information content (AvgIpc) is 3.33. The molecule has 1 unspecified atom stereocenters. The van der Waals surface area contributed by atoms with Crippen molar-refractivity contribution in [3.8, 4) is 23.3 Å². The molecular formula is C32H36N8O4. The van der Waals surface area contributed by atoms with E-state index in [1.807, 2.05) is 44.2 Å². The molecule has 44 heavy (non-hydrogen) atoms. The fraction of sp³-hybridized carbons (Fsp3) is 0.344. The smallest absolute Gasteiger partial charge is 0.335 e. The van der Waals surface area contributed by atoms with Gasteiger partial charge in [-0.3, -0.25) is 13.9 Å². The van der Waals surface area contributed by atoms with Gasteiger partial charge in [0.25, 0.3) is 5.91 Å². The Kier molecular flexibility index (Phi) is 9.08. The monoisotopic (exact) mass is 596 g/mol. The Hall–Kier alpha value is -4.99. The van der Waals surface area contributed by atoms with Crippen LogP contribution in [0.4, 0.5) is 5.82 Å². The van der Waals surface area contributed by atoms with Crippen molar-refractivity contribution >= 4 is 22.9 Å². The number of imidazole rings is 1. The first-order chi connectivity index (χ1) is 21.2. The minimum absolute atomic E-state index is 0.0414. The van der Waals surface area contributed by atoms with Gasteiger partial charge in [-0.25, -0.2) is 14.8 Å². The summed E-state index contributed by atoms with van der Waals surface area (Å²) in [4.78, 5) is 37.8. The second-order valence-corrected chi connectivity index (χ2v) is 11.2. The number of para-hydroxylation sites is 1. The van der Waals surface area contributed by atoms with Crippen LogP contribution < -0.4 is 21.5 Å². The number of nitrogen functional groups attached to an aromatic ring is 1. The number of anilines is 1. The molecule has 0 spiro atoms. The maximum absolute atomic E-state index is 14.1. The molecule has 1 saturated heterocycles. The summed E-state index contributed by atoms with van der Waals surface area (Å²) in [5, 5.41) is 13.2. The van der Waals surface area contributed by atoms with Crippen LogP contribution in [0.2, 0.25) is 0 Å². The summed E-state index contributed by atoms with van der Waals surface area (Å²) in [7, 11) is 1.61. The van der Waals surface area contributed by atoms with Crippen LogP contribution in [-0.2, 0) is 9.53 Å². The Labute approximate surface area is 255 Å². The third-order valence-corrected chi connectivity index (χ3v) is 7.55. The van der Waals surface area contributed by atoms with E-state index in [9.17, 15) is 14.9 Å². The number of piperidine rings is 1. The number of hydrogen-bond acceptors (Lipinski definition) is 9. The second kappa shape index (κ2) is 13.1. The van der Waals surface area contributed by atoms with Crippen LogP contribution in [0.15, 0.2) is 77.4 Å². The molecule has 1 amide bonds. The Morgan fingerprint density at radius 1 is 1.16 bits per heavy atom. The number of aromatic nitrogens is 4. The number of carbonyl (C=O) groups excluding carboxylic acids is 1. The number of ether oxygens (including phenoxy) is 2. The van der Waals surface area contributed by atoms with Crippen LogP contribution in [0.25, 0.3) is 16.9 Å². The van der Waals surface area contributed by atoms with Crippen LogP contribution in [-0.4, -0.2) is 68.8 Å². The molecule has 4 aromatic rings. The number of hydrogen-bond donors (Lipinski definition) is 2. The lowest BCUT2D eigenvalue weighted by Gasteiger charge is -2.33. The summed E-state index contributed by atoms with van der Waals surface area (Å²) in [6.07, 6.45) is 4.27. The first kappa shape index (κ1) is 30.5. The number of nitriles is 1. The lowest BCUT2D eigenvalue weighted by molar-refractivity contribution is -0.128. The van der Waals surface area contributed by atoms with E-state index in [0.717, 1.165) is 0 Å². The zero-order valence-corrected chi connectivity index (χ0v) is 25.1. The van der Waals surface area contributed by atoms with Gasteiger partial charge >= 0.3 is 5.69 Å². The standard InChI is InChI=1S/C32H36N8O4/c1-32(2,37-15-17-43-3)18-22(19-33)30(41)38-16-7-8-24(20-38)40-29-27(28(34)35-21-36-29)39(31(40)42)23-11-13-26(14-12-23)44-25-9-5-4-6-10-25/h4-6,9-14,18,21,24,37H,7-8,15-17,20H2,1-3H3,(H2,34,35,36). The van der Waals surface area contributed by atoms with Gasteiger partial charge in [0, 0.05) is 32.3 Å². The molecule has 0 saturated carbocycles. The molecule has 1 aliphatic heterocycles. The predicted molar refractivity (Wildman–Crippen MR) is 167 cm³/mol. The van der Waals surface area contributed by atoms with E-state index in [1.165, 1.54) is 10.9 Å². The van der Waals surface area contributed by atoms with Crippen LogP contribution >= 0.6 is 0 Å². The molecule has 3 heterocycles. The van der Waals surface area contributed by atoms with Crippen molar-refractivity contribution in [2.24, 2.45) is 0 Å². The van der Waals surface area contributed by atoms with Gasteiger partial charge < -0.3 is 25.4 Å². The number of carbonyl (C=O) groups is 1. The number of fused-ring (bicyclic) bond motifs is 1. The minimum atomic E-state index is -0.602. The number of amides is 1. The van der Waals surface area contributed by atoms with Gasteiger partial charge in [-0.15, -0.1) is 0 Å². The maximum Gasteiger partial charge on any atom is 0.335 e. The Morgan fingerprint density at radius 2 is 1.89 bits per heavy atom. The Balaban J connectivity index is 1.44. The first-order valence-corrected chi connectivity index (χ1v) is 14.5. The molecule has 2 aromatic heterocycles. The molecule has 12 heteroatoms. The molecular weight excluding hydrogens is 560 g/mol. The number of methoxy groups -OCH3 is 1. The van der Waals surface area contributed by atoms with Crippen LogP contribution in [0.1, 0.15) is 32.7 Å². The zero-order valence-electron chi connectivity index (χ0n) is 25.1. The van der Waals surface area contributed by atoms with E-state index in [1.54, 1.807) is 46.9 Å². The molecule has 1 atom stereocenters. The molecule has 1 aliphatic rings. The highest BCUT2D eigenvalue weighted by Gasteiger charge is 2.32. The van der Waals surface area contributed by atoms with Crippen molar-refractivity contribution in [1.82, 2.24) is 29.3 Å². The first-order valence-electron chi connectivity index (χ1n) is 14.5. The van der Waals surface area contributed by atoms with Gasteiger partial charge in [0.15, 0.2) is 11.5 Å². The van der Waals surface area contributed by atoms with Crippen molar-refractivity contribution < 1.29 is 14.3 Å². The topological polar surface area (TPSA) is 153 Å². The van der Waals surface area contributed by atoms with E-state index >= 15 is 0 Å². The number of nitrogens with two attached hydrogens (primary N) is 1. The summed E-state index contributed by atoms with van der Waals surface area (Å²) < 4.78 is 14.1. The molecule has 0 aliphatic carbocycles. The number of benzene rings is 2. The zero-order chi connectivity index (χ0) is 31.3. The largest absolute Gasteiger partial charge is 0.457 e. The molecule has 228 valence electrons. The third-order valence-electron chi connectivity index (χ3n) is 7.55. The van der Waals surface area contributed by atoms with Gasteiger partial charge in [-0.05, 0) is 69.2 Å². The molecule has 3 N–H and O–H groups in total. The van der Waals surface area contributed by atoms with Crippen molar-refractivity contribution in [2.45, 2.75) is 38.3 Å². The summed E-state index contributed by atoms with van der Waals surface area (Å²) in [5.74, 6) is 1.10. The summed E-state index contributed by atoms with van der Waals surface area (Å²) >= 11 is 0. The third kappa shape index (κ3) is 6.49. The van der Waals surface area contributed by atoms with Gasteiger partial charge in [0.1, 0.15) is 35.0 Å². The van der Waals surface area contributed by atoms with Gasteiger partial charge in [0.2, 0.25) is 0 Å². The van der Waals surface area contributed by atoms with Gasteiger partial charge in [0.05, 0.1) is 18.3 Å². The van der Waals surface area contributed by atoms with Crippen molar-refractivity contribution in [3.63, 3.8) is 0 Å². The second-order valence-electron chi connectivity index (χ2n) is 11.2. The molecule has 5 rings (SSSR count). The molecule has 0 radical (unpaired) electrons. The normalized spacial score (nSPS) is 15.7. The highest BCUT2D eigenvalue weighted by Crippen LogP contribution is 2.29. The van der Waals surface area contributed by atoms with Crippen molar-refractivity contribution in [2.75, 3.05) is 39.1 Å². The fourth-order valence-corrected chi connectivity index (χ4v) is 5.47. The highest BCUT2D eigenvalue weighted by atomic mass is 16.5. The van der Waals surface area contributed by atoms with E-state index in [0.29, 0.717) is 60.9 Å². The van der Waals surface area contributed by atoms with Gasteiger partial charge in [-0.2, -0.15) is 5.26 Å². The minimum Gasteiger partial charge on any atom is -0.457 e. The summed E-state index contributed by atoms with van der Waals surface area (Å²) in [6, 6.07) is 18.2. The Bertz CT molecular complexity index is 1750. The molecule has 0 bridgehead atoms. The van der Waals surface area contributed by atoms with Crippen LogP contribution in [0.5, 0.6) is 11.5 Å². The summed E-state index contributed by atoms with van der Waals surface area (Å²) in [5.41, 5.74) is 6.74. The van der Waals surface area contributed by atoms with E-state index in [4.69, 9.17) is 15.2 Å². The number of likely N-dealkylation sites (tertiary alicyclic amines) is 1. The quantitative estimate of drug-likeness (QED) is 0.159. The highest BCUT2D eigenvalue weighted by molar-refractivity contribution is 5.97. The maximum atomic E-state index is 14.1. The lowest BCUT2D eigenvalue weighted by Crippen LogP contribution is -2.44. The molecule has 12 nitrogen and oxygen atoms in total. The van der Waals surface area contributed by atoms with Crippen molar-refractivity contribution in [3.05, 3.63) is 83.1 Å². The molecule has 2 aromatic carbocycles. The lowest BCUT2D eigenvalue weighted by atomic mass is 9.99. The summed E-state index contributed by atoms with van der Waals surface area (Å²) in [6.45, 7) is 5.57. The van der Waals surface area contributed by atoms with Crippen LogP contribution in [0, 0.1) is 11.3 Å². The Morgan fingerprint density at radius 3 is 2.59 bits per heavy atom. The van der Waals surface area contributed by atoms with Gasteiger partial charge in [-0.1, -0.05) is 18.2 Å². The number of nitrogens with one attached hydrogen (secondary N) is 1. The fourth-order valence-electron chi connectivity index (χ4n) is 5.47. The van der Waals surface area contributed by atoms with E-state index in [2.05, 4.69) is 21.4 Å². The van der Waals surface area contributed by atoms with E-state index < -0.39 is 5.54 Å². The SMILES string of the molecule is COCCNC(C)(C)C=C(C#N)C(=O)N1CCCC(n2c(=O)n(-c3ccc(Oc4ccccc4)cc3)c3c(N)ncnc32)C1. The molecule has 1 fully saturated rings. The predicted octanol–water partition coefficient (Wildman–Crippen LogP) is 3.58. The number of rotatable bonds is 10. The average molecular weight is 597 g/mol. The van der Waals surface area contributed by atoms with E-state index in [-0.39, 0.29) is 35.6 Å².